The van der Waals surface area contributed by atoms with E-state index in [1.807, 2.05) is 0 Å². The molecule has 35 heavy (non-hydrogen) atoms. The van der Waals surface area contributed by atoms with Gasteiger partial charge in [-0.2, -0.15) is 0 Å². The molecule has 181 valence electrons. The fourth-order valence-electron chi connectivity index (χ4n) is 6.15. The van der Waals surface area contributed by atoms with Crippen LogP contribution >= 0.6 is 0 Å². The molecular weight excluding hydrogens is 438 g/mol. The predicted molar refractivity (Wildman–Crippen MR) is 157 cm³/mol. The Labute approximate surface area is 214 Å². The van der Waals surface area contributed by atoms with E-state index in [2.05, 4.69) is 135 Å². The molecule has 2 heteroatoms. The van der Waals surface area contributed by atoms with Gasteiger partial charge in [-0.3, -0.25) is 0 Å². The van der Waals surface area contributed by atoms with Crippen molar-refractivity contribution in [2.75, 3.05) is 19.0 Å². The highest BCUT2D eigenvalue weighted by Crippen LogP contribution is 2.58. The van der Waals surface area contributed by atoms with Crippen LogP contribution in [0.25, 0.3) is 5.57 Å². The SMILES string of the molecule is CC1=C(C)C(C)([Si](c2cc(C)cc(C)c2)c2cc(C)cc(C)c2)C(c2cccc(N(C)C)c2)=C1C. The molecule has 0 saturated heterocycles. The van der Waals surface area contributed by atoms with Crippen molar-refractivity contribution in [1.82, 2.24) is 0 Å². The number of rotatable bonds is 5. The van der Waals surface area contributed by atoms with Crippen molar-refractivity contribution in [1.29, 1.82) is 0 Å². The second kappa shape index (κ2) is 9.31. The molecule has 0 amide bonds. The lowest BCUT2D eigenvalue weighted by atomic mass is 9.90. The Morgan fingerprint density at radius 3 is 1.57 bits per heavy atom. The second-order valence-electron chi connectivity index (χ2n) is 10.9. The quantitative estimate of drug-likeness (QED) is 0.351. The van der Waals surface area contributed by atoms with E-state index < -0.39 is 8.80 Å². The summed E-state index contributed by atoms with van der Waals surface area (Å²) in [5, 5.41) is 2.94. The average molecular weight is 479 g/mol. The molecule has 0 spiro atoms. The Morgan fingerprint density at radius 2 is 1.11 bits per heavy atom. The molecule has 0 heterocycles. The monoisotopic (exact) mass is 478 g/mol. The summed E-state index contributed by atoms with van der Waals surface area (Å²) in [6, 6.07) is 23.5. The summed E-state index contributed by atoms with van der Waals surface area (Å²) in [7, 11) is 3.02. The molecule has 1 aliphatic carbocycles. The Hall–Kier alpha value is -2.84. The third-order valence-corrected chi connectivity index (χ3v) is 11.3. The van der Waals surface area contributed by atoms with Crippen LogP contribution in [-0.4, -0.2) is 22.9 Å². The molecule has 4 rings (SSSR count). The predicted octanol–water partition coefficient (Wildman–Crippen LogP) is 7.18. The van der Waals surface area contributed by atoms with Crippen LogP contribution in [0.5, 0.6) is 0 Å². The summed E-state index contributed by atoms with van der Waals surface area (Å²) in [4.78, 5) is 2.21. The largest absolute Gasteiger partial charge is 0.378 e. The number of benzene rings is 3. The zero-order valence-corrected chi connectivity index (χ0v) is 24.2. The molecule has 0 aromatic heterocycles. The van der Waals surface area contributed by atoms with Crippen molar-refractivity contribution in [2.24, 2.45) is 0 Å². The zero-order chi connectivity index (χ0) is 25.7. The van der Waals surface area contributed by atoms with Gasteiger partial charge in [-0.15, -0.1) is 0 Å². The van der Waals surface area contributed by atoms with Crippen molar-refractivity contribution in [3.63, 3.8) is 0 Å². The van der Waals surface area contributed by atoms with Gasteiger partial charge in [-0.25, -0.2) is 0 Å². The lowest BCUT2D eigenvalue weighted by molar-refractivity contribution is 0.901. The molecule has 0 saturated carbocycles. The number of hydrogen-bond acceptors (Lipinski definition) is 1. The molecule has 1 radical (unpaired) electrons. The summed E-state index contributed by atoms with van der Waals surface area (Å²) < 4.78 is 0. The number of nitrogens with zero attached hydrogens (tertiary/aromatic N) is 1. The van der Waals surface area contributed by atoms with E-state index in [9.17, 15) is 0 Å². The van der Waals surface area contributed by atoms with Gasteiger partial charge in [0.05, 0.1) is 0 Å². The van der Waals surface area contributed by atoms with Gasteiger partial charge in [0.15, 0.2) is 0 Å². The third-order valence-electron chi connectivity index (χ3n) is 7.92. The molecule has 3 aromatic rings. The van der Waals surface area contributed by atoms with Crippen LogP contribution < -0.4 is 15.3 Å². The van der Waals surface area contributed by atoms with Gasteiger partial charge in [-0.1, -0.05) is 93.7 Å². The third kappa shape index (κ3) is 4.45. The van der Waals surface area contributed by atoms with Crippen LogP contribution in [0.4, 0.5) is 5.69 Å². The van der Waals surface area contributed by atoms with Crippen LogP contribution in [0.15, 0.2) is 77.4 Å². The Morgan fingerprint density at radius 1 is 0.629 bits per heavy atom. The van der Waals surface area contributed by atoms with Crippen molar-refractivity contribution in [2.45, 2.75) is 60.4 Å². The summed E-state index contributed by atoms with van der Waals surface area (Å²) in [6.45, 7) is 18.5. The molecular formula is C33H40NSi. The molecule has 1 nitrogen and oxygen atoms in total. The van der Waals surface area contributed by atoms with Gasteiger partial charge in [0.1, 0.15) is 8.80 Å². The average Bonchev–Trinajstić information content (AvgIpc) is 2.93. The van der Waals surface area contributed by atoms with Crippen molar-refractivity contribution in [3.8, 4) is 0 Å². The maximum Gasteiger partial charge on any atom is 0.136 e. The first-order valence-electron chi connectivity index (χ1n) is 12.7. The van der Waals surface area contributed by atoms with E-state index in [-0.39, 0.29) is 5.04 Å². The van der Waals surface area contributed by atoms with E-state index in [0.29, 0.717) is 0 Å². The summed E-state index contributed by atoms with van der Waals surface area (Å²) in [6.07, 6.45) is 0. The molecule has 1 unspecified atom stereocenters. The first-order chi connectivity index (χ1) is 16.4. The van der Waals surface area contributed by atoms with Crippen LogP contribution in [0, 0.1) is 27.7 Å². The summed E-state index contributed by atoms with van der Waals surface area (Å²) in [5.41, 5.74) is 13.9. The standard InChI is InChI=1S/C33H40NSi/c1-21-14-22(2)17-30(16-21)35(31-18-23(3)15-24(4)19-31)33(8)27(7)25(5)26(6)32(33)28-12-11-13-29(20-28)34(9)10/h11-20H,1-10H3. The fraction of sp³-hybridized carbons (Fsp3) is 0.333. The van der Waals surface area contributed by atoms with Gasteiger partial charge < -0.3 is 4.90 Å². The first kappa shape index (κ1) is 25.3. The number of anilines is 1. The van der Waals surface area contributed by atoms with Gasteiger partial charge in [0, 0.05) is 24.8 Å². The second-order valence-corrected chi connectivity index (χ2v) is 13.9. The minimum absolute atomic E-state index is 0.0652. The van der Waals surface area contributed by atoms with Crippen LogP contribution in [0.1, 0.15) is 55.5 Å². The minimum atomic E-state index is -1.24. The van der Waals surface area contributed by atoms with E-state index in [0.717, 1.165) is 0 Å². The Balaban J connectivity index is 2.06. The molecule has 0 fully saturated rings. The van der Waals surface area contributed by atoms with Crippen LogP contribution in [-0.2, 0) is 0 Å². The van der Waals surface area contributed by atoms with Gasteiger partial charge in [-0.05, 0) is 82.9 Å². The van der Waals surface area contributed by atoms with Crippen molar-refractivity contribution < 1.29 is 0 Å². The molecule has 1 atom stereocenters. The molecule has 0 aliphatic heterocycles. The smallest absolute Gasteiger partial charge is 0.136 e. The van der Waals surface area contributed by atoms with E-state index in [4.69, 9.17) is 0 Å². The maximum absolute atomic E-state index is 2.53. The van der Waals surface area contributed by atoms with Crippen molar-refractivity contribution >= 4 is 30.4 Å². The van der Waals surface area contributed by atoms with Crippen molar-refractivity contribution in [3.05, 3.63) is 105 Å². The normalized spacial score (nSPS) is 18.1. The first-order valence-corrected chi connectivity index (χ1v) is 14.2. The fourth-order valence-corrected chi connectivity index (χ4v) is 10.3. The van der Waals surface area contributed by atoms with E-state index >= 15 is 0 Å². The Bertz CT molecular complexity index is 1270. The van der Waals surface area contributed by atoms with Gasteiger partial charge in [0.2, 0.25) is 0 Å². The molecule has 1 aliphatic rings. The molecule has 0 bridgehead atoms. The molecule has 3 aromatic carbocycles. The lowest BCUT2D eigenvalue weighted by Crippen LogP contribution is -2.52. The Kier molecular flexibility index (Phi) is 6.72. The number of allylic oxidation sites excluding steroid dienone is 4. The van der Waals surface area contributed by atoms with Gasteiger partial charge in [0.25, 0.3) is 0 Å². The highest BCUT2D eigenvalue weighted by molar-refractivity contribution is 6.90. The van der Waals surface area contributed by atoms with E-state index in [1.54, 1.807) is 0 Å². The maximum atomic E-state index is 2.53. The van der Waals surface area contributed by atoms with E-state index in [1.165, 1.54) is 66.2 Å². The topological polar surface area (TPSA) is 3.24 Å². The summed E-state index contributed by atoms with van der Waals surface area (Å²) >= 11 is 0. The van der Waals surface area contributed by atoms with Gasteiger partial charge >= 0.3 is 0 Å². The highest BCUT2D eigenvalue weighted by atomic mass is 28.3. The number of aryl methyl sites for hydroxylation is 4. The number of hydrogen-bond donors (Lipinski definition) is 0. The zero-order valence-electron chi connectivity index (χ0n) is 23.2. The minimum Gasteiger partial charge on any atom is -0.378 e. The molecule has 0 N–H and O–H groups in total. The van der Waals surface area contributed by atoms with Crippen LogP contribution in [0.3, 0.4) is 0 Å². The highest BCUT2D eigenvalue weighted by Gasteiger charge is 2.48. The van der Waals surface area contributed by atoms with Crippen LogP contribution in [0.2, 0.25) is 5.04 Å². The lowest BCUT2D eigenvalue weighted by Gasteiger charge is -2.39. The summed E-state index contributed by atoms with van der Waals surface area (Å²) in [5.74, 6) is 0.